The second-order valence-corrected chi connectivity index (χ2v) is 6.78. The molecule has 2 rings (SSSR count). The standard InChI is InChI=1S/C10H20N2O2S/c13-15(14)8-1-3-10(9-15)12-6-2-4-11-5-7-12/h10-11H,1-9H2. The molecule has 0 saturated carbocycles. The molecule has 0 aromatic rings. The van der Waals surface area contributed by atoms with Crippen LogP contribution in [0.4, 0.5) is 0 Å². The van der Waals surface area contributed by atoms with E-state index < -0.39 is 9.84 Å². The van der Waals surface area contributed by atoms with Gasteiger partial charge in [0.05, 0.1) is 11.5 Å². The molecular weight excluding hydrogens is 212 g/mol. The van der Waals surface area contributed by atoms with E-state index in [0.717, 1.165) is 45.4 Å². The molecule has 2 heterocycles. The van der Waals surface area contributed by atoms with Crippen LogP contribution in [-0.4, -0.2) is 57.0 Å². The summed E-state index contributed by atoms with van der Waals surface area (Å²) in [4.78, 5) is 2.36. The topological polar surface area (TPSA) is 49.4 Å². The SMILES string of the molecule is O=S1(=O)CCCC(N2CCCNCC2)C1. The minimum Gasteiger partial charge on any atom is -0.315 e. The van der Waals surface area contributed by atoms with Gasteiger partial charge >= 0.3 is 0 Å². The fourth-order valence-electron chi connectivity index (χ4n) is 2.52. The molecule has 0 radical (unpaired) electrons. The van der Waals surface area contributed by atoms with Crippen LogP contribution >= 0.6 is 0 Å². The lowest BCUT2D eigenvalue weighted by Crippen LogP contribution is -2.45. The zero-order valence-electron chi connectivity index (χ0n) is 9.11. The van der Waals surface area contributed by atoms with Crippen molar-refractivity contribution in [2.75, 3.05) is 37.7 Å². The van der Waals surface area contributed by atoms with Gasteiger partial charge in [0.15, 0.2) is 9.84 Å². The molecule has 1 atom stereocenters. The Morgan fingerprint density at radius 2 is 2.00 bits per heavy atom. The van der Waals surface area contributed by atoms with Crippen molar-refractivity contribution in [3.8, 4) is 0 Å². The third-order valence-electron chi connectivity index (χ3n) is 3.33. The first-order valence-electron chi connectivity index (χ1n) is 5.82. The van der Waals surface area contributed by atoms with Crippen LogP contribution in [0.2, 0.25) is 0 Å². The Morgan fingerprint density at radius 1 is 1.13 bits per heavy atom. The highest BCUT2D eigenvalue weighted by Gasteiger charge is 2.29. The average Bonchev–Trinajstić information content (AvgIpc) is 2.44. The van der Waals surface area contributed by atoms with Crippen LogP contribution in [0.1, 0.15) is 19.3 Å². The summed E-state index contributed by atoms with van der Waals surface area (Å²) >= 11 is 0. The first-order chi connectivity index (χ1) is 7.17. The summed E-state index contributed by atoms with van der Waals surface area (Å²) in [6.45, 7) is 4.11. The van der Waals surface area contributed by atoms with Gasteiger partial charge in [-0.3, -0.25) is 4.90 Å². The highest BCUT2D eigenvalue weighted by atomic mass is 32.2. The van der Waals surface area contributed by atoms with Gasteiger partial charge in [-0.05, 0) is 32.4 Å². The monoisotopic (exact) mass is 232 g/mol. The fraction of sp³-hybridized carbons (Fsp3) is 1.00. The van der Waals surface area contributed by atoms with E-state index in [9.17, 15) is 8.42 Å². The highest BCUT2D eigenvalue weighted by Crippen LogP contribution is 2.18. The summed E-state index contributed by atoms with van der Waals surface area (Å²) in [5, 5.41) is 3.35. The van der Waals surface area contributed by atoms with Crippen LogP contribution in [-0.2, 0) is 9.84 Å². The van der Waals surface area contributed by atoms with E-state index in [-0.39, 0.29) is 6.04 Å². The molecule has 0 aliphatic carbocycles. The van der Waals surface area contributed by atoms with Crippen molar-refractivity contribution in [2.45, 2.75) is 25.3 Å². The van der Waals surface area contributed by atoms with Gasteiger partial charge in [-0.2, -0.15) is 0 Å². The predicted octanol–water partition coefficient (Wildman–Crippen LogP) is -0.141. The van der Waals surface area contributed by atoms with Gasteiger partial charge in [-0.1, -0.05) is 0 Å². The smallest absolute Gasteiger partial charge is 0.151 e. The molecule has 1 N–H and O–H groups in total. The lowest BCUT2D eigenvalue weighted by Gasteiger charge is -2.32. The number of rotatable bonds is 1. The molecule has 15 heavy (non-hydrogen) atoms. The first-order valence-corrected chi connectivity index (χ1v) is 7.65. The Kier molecular flexibility index (Phi) is 3.64. The second kappa shape index (κ2) is 4.80. The molecule has 0 aromatic carbocycles. The summed E-state index contributed by atoms with van der Waals surface area (Å²) in [5.41, 5.74) is 0. The summed E-state index contributed by atoms with van der Waals surface area (Å²) in [5.74, 6) is 0.780. The minimum absolute atomic E-state index is 0.281. The molecule has 5 heteroatoms. The van der Waals surface area contributed by atoms with Gasteiger partial charge < -0.3 is 5.32 Å². The maximum atomic E-state index is 11.5. The Labute approximate surface area is 91.9 Å². The Hall–Kier alpha value is -0.130. The van der Waals surface area contributed by atoms with Crippen molar-refractivity contribution in [3.63, 3.8) is 0 Å². The Morgan fingerprint density at radius 3 is 2.80 bits per heavy atom. The third-order valence-corrected chi connectivity index (χ3v) is 5.13. The lowest BCUT2D eigenvalue weighted by atomic mass is 10.1. The molecule has 1 unspecified atom stereocenters. The summed E-state index contributed by atoms with van der Waals surface area (Å²) in [6, 6.07) is 0.281. The Balaban J connectivity index is 1.96. The molecule has 2 saturated heterocycles. The van der Waals surface area contributed by atoms with Gasteiger partial charge in [-0.25, -0.2) is 8.42 Å². The minimum atomic E-state index is -2.76. The van der Waals surface area contributed by atoms with E-state index in [1.54, 1.807) is 0 Å². The summed E-state index contributed by atoms with van der Waals surface area (Å²) in [7, 11) is -2.76. The fourth-order valence-corrected chi connectivity index (χ4v) is 4.26. The van der Waals surface area contributed by atoms with Gasteiger partial charge in [0.2, 0.25) is 0 Å². The maximum Gasteiger partial charge on any atom is 0.151 e. The van der Waals surface area contributed by atoms with E-state index in [0.29, 0.717) is 11.5 Å². The molecular formula is C10H20N2O2S. The Bertz CT molecular complexity index is 295. The molecule has 2 fully saturated rings. The molecule has 0 aromatic heterocycles. The van der Waals surface area contributed by atoms with Crippen molar-refractivity contribution in [1.29, 1.82) is 0 Å². The largest absolute Gasteiger partial charge is 0.315 e. The predicted molar refractivity (Wildman–Crippen MR) is 60.7 cm³/mol. The van der Waals surface area contributed by atoms with Crippen molar-refractivity contribution in [2.24, 2.45) is 0 Å². The number of nitrogens with one attached hydrogen (secondary N) is 1. The first kappa shape index (κ1) is 11.4. The zero-order valence-corrected chi connectivity index (χ0v) is 9.93. The van der Waals surface area contributed by atoms with E-state index >= 15 is 0 Å². The van der Waals surface area contributed by atoms with E-state index in [1.165, 1.54) is 0 Å². The number of sulfone groups is 1. The molecule has 0 bridgehead atoms. The summed E-state index contributed by atoms with van der Waals surface area (Å²) < 4.78 is 23.1. The third kappa shape index (κ3) is 3.16. The molecule has 88 valence electrons. The number of nitrogens with zero attached hydrogens (tertiary/aromatic N) is 1. The van der Waals surface area contributed by atoms with E-state index in [4.69, 9.17) is 0 Å². The van der Waals surface area contributed by atoms with Crippen LogP contribution in [0, 0.1) is 0 Å². The molecule has 0 spiro atoms. The second-order valence-electron chi connectivity index (χ2n) is 4.55. The van der Waals surface area contributed by atoms with E-state index in [2.05, 4.69) is 10.2 Å². The van der Waals surface area contributed by atoms with Crippen molar-refractivity contribution in [3.05, 3.63) is 0 Å². The zero-order chi connectivity index (χ0) is 10.7. The molecule has 4 nitrogen and oxygen atoms in total. The van der Waals surface area contributed by atoms with Crippen LogP contribution < -0.4 is 5.32 Å². The van der Waals surface area contributed by atoms with Crippen LogP contribution in [0.5, 0.6) is 0 Å². The van der Waals surface area contributed by atoms with Gasteiger partial charge in [0.25, 0.3) is 0 Å². The van der Waals surface area contributed by atoms with Gasteiger partial charge in [0, 0.05) is 19.1 Å². The highest BCUT2D eigenvalue weighted by molar-refractivity contribution is 7.91. The molecule has 2 aliphatic rings. The van der Waals surface area contributed by atoms with Gasteiger partial charge in [-0.15, -0.1) is 0 Å². The van der Waals surface area contributed by atoms with Crippen molar-refractivity contribution >= 4 is 9.84 Å². The quantitative estimate of drug-likeness (QED) is 0.683. The number of hydrogen-bond acceptors (Lipinski definition) is 4. The van der Waals surface area contributed by atoms with Crippen molar-refractivity contribution in [1.82, 2.24) is 10.2 Å². The summed E-state index contributed by atoms with van der Waals surface area (Å²) in [6.07, 6.45) is 3.03. The van der Waals surface area contributed by atoms with Crippen LogP contribution in [0.3, 0.4) is 0 Å². The average molecular weight is 232 g/mol. The lowest BCUT2D eigenvalue weighted by molar-refractivity contribution is 0.210. The van der Waals surface area contributed by atoms with E-state index in [1.807, 2.05) is 0 Å². The van der Waals surface area contributed by atoms with Crippen LogP contribution in [0.15, 0.2) is 0 Å². The molecule has 0 amide bonds. The number of hydrogen-bond donors (Lipinski definition) is 1. The maximum absolute atomic E-state index is 11.5. The van der Waals surface area contributed by atoms with Crippen molar-refractivity contribution < 1.29 is 8.42 Å². The molecule has 2 aliphatic heterocycles. The van der Waals surface area contributed by atoms with Crippen LogP contribution in [0.25, 0.3) is 0 Å². The van der Waals surface area contributed by atoms with Gasteiger partial charge in [0.1, 0.15) is 0 Å². The normalized spacial score (nSPS) is 33.5.